The highest BCUT2D eigenvalue weighted by Crippen LogP contribution is 2.41. The van der Waals surface area contributed by atoms with E-state index in [1.807, 2.05) is 66.7 Å². The lowest BCUT2D eigenvalue weighted by Crippen LogP contribution is -2.49. The number of benzene rings is 4. The smallest absolute Gasteiger partial charge is 0.319 e. The molecule has 2 aliphatic heterocycles. The number of fused-ring (bicyclic) bond motifs is 2. The van der Waals surface area contributed by atoms with Crippen LogP contribution in [0.25, 0.3) is 44.3 Å². The highest BCUT2D eigenvalue weighted by molar-refractivity contribution is 7.89. The molecule has 8 aromatic rings. The van der Waals surface area contributed by atoms with E-state index in [-0.39, 0.29) is 11.4 Å². The molecule has 0 atom stereocenters. The Bertz CT molecular complexity index is 3470. The molecule has 7 N–H and O–H groups in total. The number of nitrogen functional groups attached to an aromatic ring is 2. The molecule has 18 nitrogen and oxygen atoms in total. The number of urea groups is 1. The number of primary amides is 1. The minimum Gasteiger partial charge on any atom is -0.383 e. The van der Waals surface area contributed by atoms with Gasteiger partial charge in [0.05, 0.1) is 22.2 Å². The van der Waals surface area contributed by atoms with Gasteiger partial charge in [-0.1, -0.05) is 84.9 Å². The number of carbonyl (C=O) groups is 1. The highest BCUT2D eigenvalue weighted by atomic mass is 32.2. The van der Waals surface area contributed by atoms with Crippen LogP contribution in [0.4, 0.5) is 22.1 Å². The van der Waals surface area contributed by atoms with Gasteiger partial charge in [0, 0.05) is 112 Å². The Balaban J connectivity index is 0.000000169. The van der Waals surface area contributed by atoms with Crippen molar-refractivity contribution in [2.45, 2.75) is 93.5 Å². The number of nitrogens with zero attached hydrogens (tertiary/aromatic N) is 11. The average molecular weight is 1100 g/mol. The lowest BCUT2D eigenvalue weighted by atomic mass is 9.89. The van der Waals surface area contributed by atoms with E-state index in [4.69, 9.17) is 17.2 Å². The molecule has 2 saturated carbocycles. The zero-order valence-corrected chi connectivity index (χ0v) is 46.8. The fraction of sp³-hybridized carbons (Fsp3) is 0.393. The van der Waals surface area contributed by atoms with Crippen molar-refractivity contribution < 1.29 is 13.2 Å². The average Bonchev–Trinajstić information content (AvgIpc) is 4.19. The van der Waals surface area contributed by atoms with Gasteiger partial charge >= 0.3 is 6.03 Å². The molecule has 80 heavy (non-hydrogen) atoms. The van der Waals surface area contributed by atoms with Crippen molar-refractivity contribution in [3.63, 3.8) is 0 Å². The predicted molar refractivity (Wildman–Crippen MR) is 318 cm³/mol. The van der Waals surface area contributed by atoms with E-state index >= 15 is 0 Å². The summed E-state index contributed by atoms with van der Waals surface area (Å²) in [6.07, 6.45) is 16.8. The fourth-order valence-corrected chi connectivity index (χ4v) is 13.6. The topological polar surface area (TPSA) is 219 Å². The molecule has 4 aromatic carbocycles. The van der Waals surface area contributed by atoms with Crippen LogP contribution in [-0.2, 0) is 23.1 Å². The zero-order chi connectivity index (χ0) is 55.3. The number of rotatable bonds is 13. The summed E-state index contributed by atoms with van der Waals surface area (Å²) in [6, 6.07) is 35.7. The molecule has 4 aliphatic rings. The van der Waals surface area contributed by atoms with Gasteiger partial charge in [0.2, 0.25) is 10.0 Å². The molecule has 2 aliphatic carbocycles. The number of piperazine rings is 2. The maximum Gasteiger partial charge on any atom is 0.319 e. The Morgan fingerprint density at radius 2 is 0.963 bits per heavy atom. The maximum absolute atomic E-state index is 12.6. The number of para-hydroxylation sites is 1. The van der Waals surface area contributed by atoms with Crippen molar-refractivity contribution >= 4 is 55.4 Å². The number of amides is 2. The minimum absolute atomic E-state index is 0.209. The summed E-state index contributed by atoms with van der Waals surface area (Å²) in [5, 5.41) is 1.78. The number of hydrogen-bond donors (Lipinski definition) is 4. The van der Waals surface area contributed by atoms with Crippen molar-refractivity contribution in [1.29, 1.82) is 0 Å². The quantitative estimate of drug-likeness (QED) is 0.0854. The van der Waals surface area contributed by atoms with Crippen molar-refractivity contribution in [1.82, 2.24) is 53.4 Å². The number of anilines is 3. The van der Waals surface area contributed by atoms with Crippen LogP contribution in [0.1, 0.15) is 74.6 Å². The van der Waals surface area contributed by atoms with Crippen LogP contribution in [0.15, 0.2) is 139 Å². The summed E-state index contributed by atoms with van der Waals surface area (Å²) >= 11 is 0. The SMILES string of the molecule is CN1CCN([C@H]2CC[C@@H](n3cc(-c4ccc(CNS(=O)(=O)c5ccccc5)cc4)c4c(N)ncnc43)CC2)CC1.CN1CCN([C@H]2CC[C@H](n3cc(-c4ccc(CN(C(N)=O)c5ccccc5)cc4)c4c(N)ncnc43)CC2)CC1. The van der Waals surface area contributed by atoms with Gasteiger partial charge in [-0.2, -0.15) is 0 Å². The number of sulfonamides is 1. The van der Waals surface area contributed by atoms with Crippen LogP contribution >= 0.6 is 0 Å². The van der Waals surface area contributed by atoms with Crippen LogP contribution in [0.5, 0.6) is 0 Å². The monoisotopic (exact) mass is 1100 g/mol. The lowest BCUT2D eigenvalue weighted by Gasteiger charge is -2.41. The number of carbonyl (C=O) groups excluding carboxylic acids is 1. The third-order valence-corrected chi connectivity index (χ3v) is 18.6. The first-order chi connectivity index (χ1) is 38.9. The van der Waals surface area contributed by atoms with E-state index < -0.39 is 16.1 Å². The number of aromatic nitrogens is 6. The van der Waals surface area contributed by atoms with Gasteiger partial charge in [-0.15, -0.1) is 0 Å². The zero-order valence-electron chi connectivity index (χ0n) is 46.0. The summed E-state index contributed by atoms with van der Waals surface area (Å²) < 4.78 is 32.5. The van der Waals surface area contributed by atoms with E-state index in [1.165, 1.54) is 38.8 Å². The first-order valence-corrected chi connectivity index (χ1v) is 29.8. The molecule has 0 spiro atoms. The predicted octanol–water partition coefficient (Wildman–Crippen LogP) is 8.39. The first-order valence-electron chi connectivity index (χ1n) is 28.3. The van der Waals surface area contributed by atoms with Crippen molar-refractivity contribution in [2.24, 2.45) is 5.73 Å². The van der Waals surface area contributed by atoms with Crippen molar-refractivity contribution in [3.05, 3.63) is 145 Å². The second-order valence-electron chi connectivity index (χ2n) is 22.2. The number of nitrogens with two attached hydrogens (primary N) is 3. The van der Waals surface area contributed by atoms with Crippen molar-refractivity contribution in [3.8, 4) is 22.3 Å². The fourth-order valence-electron chi connectivity index (χ4n) is 12.5. The number of likely N-dealkylation sites (N-methyl/N-ethyl adjacent to an activating group) is 2. The van der Waals surface area contributed by atoms with E-state index in [1.54, 1.807) is 47.9 Å². The van der Waals surface area contributed by atoms with Crippen LogP contribution in [0.3, 0.4) is 0 Å². The minimum atomic E-state index is -3.57. The largest absolute Gasteiger partial charge is 0.383 e. The third kappa shape index (κ3) is 12.1. The van der Waals surface area contributed by atoms with Crippen molar-refractivity contribution in [2.75, 3.05) is 82.8 Å². The van der Waals surface area contributed by atoms with Crippen LogP contribution in [0.2, 0.25) is 0 Å². The van der Waals surface area contributed by atoms with Crippen LogP contribution < -0.4 is 26.8 Å². The summed E-state index contributed by atoms with van der Waals surface area (Å²) in [5.74, 6) is 0.975. The Kier molecular flexibility index (Phi) is 16.6. The molecule has 19 heteroatoms. The molecule has 4 aromatic heterocycles. The van der Waals surface area contributed by atoms with E-state index in [0.717, 1.165) is 126 Å². The molecule has 2 saturated heterocycles. The van der Waals surface area contributed by atoms with Gasteiger partial charge in [0.25, 0.3) is 0 Å². The van der Waals surface area contributed by atoms with Crippen LogP contribution in [-0.4, -0.2) is 142 Å². The van der Waals surface area contributed by atoms with E-state index in [0.29, 0.717) is 42.3 Å². The molecule has 12 rings (SSSR count). The lowest BCUT2D eigenvalue weighted by molar-refractivity contribution is 0.0827. The second-order valence-corrected chi connectivity index (χ2v) is 24.0. The first kappa shape index (κ1) is 54.7. The molecule has 0 radical (unpaired) electrons. The van der Waals surface area contributed by atoms with Gasteiger partial charge in [-0.25, -0.2) is 37.9 Å². The van der Waals surface area contributed by atoms with Gasteiger partial charge < -0.3 is 36.1 Å². The van der Waals surface area contributed by atoms with Gasteiger partial charge in [-0.05, 0) is 112 Å². The Morgan fingerprint density at radius 1 is 0.550 bits per heavy atom. The summed E-state index contributed by atoms with van der Waals surface area (Å²) in [4.78, 5) is 42.2. The number of nitrogens with one attached hydrogen (secondary N) is 1. The summed E-state index contributed by atoms with van der Waals surface area (Å²) in [5.41, 5.74) is 27.0. The Morgan fingerprint density at radius 3 is 1.40 bits per heavy atom. The van der Waals surface area contributed by atoms with Gasteiger partial charge in [-0.3, -0.25) is 14.7 Å². The van der Waals surface area contributed by atoms with Gasteiger partial charge in [0.15, 0.2) is 0 Å². The maximum atomic E-state index is 12.6. The summed E-state index contributed by atoms with van der Waals surface area (Å²) in [6.45, 7) is 9.89. The summed E-state index contributed by atoms with van der Waals surface area (Å²) in [7, 11) is 0.849. The molecular weight excluding hydrogens is 1020 g/mol. The normalized spacial score (nSPS) is 20.8. The molecule has 4 fully saturated rings. The second kappa shape index (κ2) is 24.2. The molecule has 6 heterocycles. The Labute approximate surface area is 469 Å². The number of hydrogen-bond acceptors (Lipinski definition) is 13. The Hall–Kier alpha value is -7.26. The van der Waals surface area contributed by atoms with Gasteiger partial charge in [0.1, 0.15) is 35.6 Å². The molecule has 418 valence electrons. The van der Waals surface area contributed by atoms with E-state index in [9.17, 15) is 13.2 Å². The highest BCUT2D eigenvalue weighted by Gasteiger charge is 2.32. The molecular formula is C61H75N15O3S. The molecule has 0 bridgehead atoms. The van der Waals surface area contributed by atoms with Crippen LogP contribution in [0, 0.1) is 0 Å². The third-order valence-electron chi connectivity index (χ3n) is 17.2. The molecule has 2 amide bonds. The molecule has 0 unspecified atom stereocenters. The van der Waals surface area contributed by atoms with E-state index in [2.05, 4.69) is 92.0 Å². The standard InChI is InChI=1S/C31H38N8O.C30H37N7O2S/c1-36-15-17-37(18-16-36)24-11-13-26(14-12-24)38-20-27(28-29(32)34-21-35-30(28)38)23-9-7-22(8-10-23)19-39(31(33)40)25-5-3-2-4-6-25;1-35-15-17-36(18-16-35)24-11-13-25(14-12-24)37-20-27(28-29(31)32-21-33-30(28)37)23-9-7-22(8-10-23)19-34-40(38,39)26-5-3-2-4-6-26/h2-10,20-21,24,26H,11-19H2,1H3,(H2,33,40)(H2,32,34,35);2-10,20-21,24-25,34H,11-19H2,1H3,(H2,31,32,33)/t24-,26-;24-,25+.